The van der Waals surface area contributed by atoms with Crippen molar-refractivity contribution in [1.29, 1.82) is 0 Å². The molecule has 0 spiro atoms. The molecule has 0 N–H and O–H groups in total. The molecule has 0 amide bonds. The number of carbonyl (C=O) groups is 1. The van der Waals surface area contributed by atoms with Crippen LogP contribution in [0.4, 0.5) is 5.00 Å². The number of benzene rings is 1. The van der Waals surface area contributed by atoms with Crippen molar-refractivity contribution in [3.05, 3.63) is 67.8 Å². The van der Waals surface area contributed by atoms with Crippen molar-refractivity contribution in [3.8, 4) is 5.69 Å². The number of hydrogen-bond donors (Lipinski definition) is 0. The van der Waals surface area contributed by atoms with E-state index in [1.807, 2.05) is 25.3 Å². The van der Waals surface area contributed by atoms with E-state index in [1.54, 1.807) is 11.3 Å². The lowest BCUT2D eigenvalue weighted by atomic mass is 9.95. The van der Waals surface area contributed by atoms with Crippen LogP contribution in [0.1, 0.15) is 57.5 Å². The standard InChI is InChI=1S/C24H25BrN2O2S/c1-4-29-24(28)22-20-7-5-6-8-21(20)30-23(22)26-14-17-13-15(2)27(16(17)3)19-11-9-18(25)10-12-19/h9-14H,4-8H2,1-3H3/b26-14+. The van der Waals surface area contributed by atoms with Crippen LogP contribution in [-0.2, 0) is 17.6 Å². The van der Waals surface area contributed by atoms with Gasteiger partial charge in [-0.2, -0.15) is 0 Å². The molecule has 0 radical (unpaired) electrons. The van der Waals surface area contributed by atoms with Crippen LogP contribution in [-0.4, -0.2) is 23.4 Å². The number of carbonyl (C=O) groups excluding carboxylic acids is 1. The molecule has 2 aromatic heterocycles. The number of hydrogen-bond acceptors (Lipinski definition) is 4. The van der Waals surface area contributed by atoms with Crippen LogP contribution in [0, 0.1) is 13.8 Å². The van der Waals surface area contributed by atoms with Gasteiger partial charge in [-0.3, -0.25) is 0 Å². The molecule has 0 aliphatic heterocycles. The molecule has 0 fully saturated rings. The molecule has 0 saturated carbocycles. The minimum atomic E-state index is -0.246. The molecular formula is C24H25BrN2O2S. The molecule has 156 valence electrons. The second-order valence-electron chi connectivity index (χ2n) is 7.51. The van der Waals surface area contributed by atoms with E-state index in [0.717, 1.165) is 56.9 Å². The van der Waals surface area contributed by atoms with Crippen LogP contribution in [0.5, 0.6) is 0 Å². The van der Waals surface area contributed by atoms with Gasteiger partial charge in [-0.1, -0.05) is 15.9 Å². The maximum Gasteiger partial charge on any atom is 0.341 e. The lowest BCUT2D eigenvalue weighted by Crippen LogP contribution is -2.09. The zero-order chi connectivity index (χ0) is 21.3. The number of nitrogens with zero attached hydrogens (tertiary/aromatic N) is 2. The quantitative estimate of drug-likeness (QED) is 0.297. The number of esters is 1. The lowest BCUT2D eigenvalue weighted by molar-refractivity contribution is 0.0526. The highest BCUT2D eigenvalue weighted by Crippen LogP contribution is 2.40. The third kappa shape index (κ3) is 4.03. The van der Waals surface area contributed by atoms with Gasteiger partial charge in [-0.25, -0.2) is 9.79 Å². The van der Waals surface area contributed by atoms with Gasteiger partial charge in [0.2, 0.25) is 0 Å². The number of aromatic nitrogens is 1. The number of halogens is 1. The van der Waals surface area contributed by atoms with Crippen molar-refractivity contribution < 1.29 is 9.53 Å². The molecule has 30 heavy (non-hydrogen) atoms. The Kier molecular flexibility index (Phi) is 6.25. The van der Waals surface area contributed by atoms with E-state index < -0.39 is 0 Å². The van der Waals surface area contributed by atoms with Gasteiger partial charge in [-0.15, -0.1) is 11.3 Å². The largest absolute Gasteiger partial charge is 0.462 e. The summed E-state index contributed by atoms with van der Waals surface area (Å²) in [5, 5.41) is 0.772. The number of aliphatic imine (C=N–C) groups is 1. The molecule has 0 atom stereocenters. The minimum Gasteiger partial charge on any atom is -0.462 e. The van der Waals surface area contributed by atoms with Gasteiger partial charge in [0.15, 0.2) is 0 Å². The molecule has 4 nitrogen and oxygen atoms in total. The van der Waals surface area contributed by atoms with E-state index in [1.165, 1.54) is 11.3 Å². The molecule has 1 aromatic carbocycles. The Morgan fingerprint density at radius 1 is 1.23 bits per heavy atom. The van der Waals surface area contributed by atoms with E-state index >= 15 is 0 Å². The molecule has 1 aliphatic carbocycles. The molecule has 4 rings (SSSR count). The predicted molar refractivity (Wildman–Crippen MR) is 127 cm³/mol. The van der Waals surface area contributed by atoms with Crippen molar-refractivity contribution in [2.24, 2.45) is 4.99 Å². The summed E-state index contributed by atoms with van der Waals surface area (Å²) in [6, 6.07) is 10.4. The Hall–Kier alpha value is -2.18. The van der Waals surface area contributed by atoms with Crippen molar-refractivity contribution in [1.82, 2.24) is 4.57 Å². The Morgan fingerprint density at radius 3 is 2.70 bits per heavy atom. The highest BCUT2D eigenvalue weighted by atomic mass is 79.9. The van der Waals surface area contributed by atoms with Gasteiger partial charge in [0, 0.05) is 38.2 Å². The minimum absolute atomic E-state index is 0.246. The number of fused-ring (bicyclic) bond motifs is 1. The molecule has 0 unspecified atom stereocenters. The predicted octanol–water partition coefficient (Wildman–Crippen LogP) is 6.72. The Balaban J connectivity index is 1.71. The summed E-state index contributed by atoms with van der Waals surface area (Å²) in [4.78, 5) is 18.7. The molecular weight excluding hydrogens is 460 g/mol. The third-order valence-electron chi connectivity index (χ3n) is 5.51. The number of ether oxygens (including phenoxy) is 1. The molecule has 0 saturated heterocycles. The van der Waals surface area contributed by atoms with Crippen molar-refractivity contribution in [2.45, 2.75) is 46.5 Å². The van der Waals surface area contributed by atoms with E-state index in [-0.39, 0.29) is 5.97 Å². The Morgan fingerprint density at radius 2 is 1.97 bits per heavy atom. The van der Waals surface area contributed by atoms with E-state index in [9.17, 15) is 4.79 Å². The van der Waals surface area contributed by atoms with Crippen LogP contribution in [0.3, 0.4) is 0 Å². The van der Waals surface area contributed by atoms with E-state index in [4.69, 9.17) is 9.73 Å². The fraction of sp³-hybridized carbons (Fsp3) is 0.333. The van der Waals surface area contributed by atoms with Gasteiger partial charge in [-0.05, 0) is 82.3 Å². The average molecular weight is 485 g/mol. The monoisotopic (exact) mass is 484 g/mol. The van der Waals surface area contributed by atoms with Gasteiger partial charge < -0.3 is 9.30 Å². The second-order valence-corrected chi connectivity index (χ2v) is 9.51. The first-order valence-corrected chi connectivity index (χ1v) is 11.9. The van der Waals surface area contributed by atoms with Gasteiger partial charge in [0.1, 0.15) is 5.00 Å². The summed E-state index contributed by atoms with van der Waals surface area (Å²) in [7, 11) is 0. The van der Waals surface area contributed by atoms with Crippen molar-refractivity contribution in [2.75, 3.05) is 6.61 Å². The normalized spacial score (nSPS) is 13.6. The first-order valence-electron chi connectivity index (χ1n) is 10.3. The molecule has 3 aromatic rings. The summed E-state index contributed by atoms with van der Waals surface area (Å²) in [6.45, 7) is 6.42. The lowest BCUT2D eigenvalue weighted by Gasteiger charge is -2.11. The van der Waals surface area contributed by atoms with Crippen LogP contribution in [0.2, 0.25) is 0 Å². The van der Waals surface area contributed by atoms with E-state index in [0.29, 0.717) is 12.2 Å². The highest BCUT2D eigenvalue weighted by Gasteiger charge is 2.26. The first kappa shape index (κ1) is 21.1. The average Bonchev–Trinajstić information content (AvgIpc) is 3.24. The van der Waals surface area contributed by atoms with Crippen molar-refractivity contribution >= 4 is 44.5 Å². The highest BCUT2D eigenvalue weighted by molar-refractivity contribution is 9.10. The maximum atomic E-state index is 12.7. The fourth-order valence-corrected chi connectivity index (χ4v) is 5.58. The number of aryl methyl sites for hydroxylation is 2. The SMILES string of the molecule is CCOC(=O)c1c(/N=C/c2cc(C)n(-c3ccc(Br)cc3)c2C)sc2c1CCCC2. The van der Waals surface area contributed by atoms with E-state index in [2.05, 4.69) is 52.5 Å². The second kappa shape index (κ2) is 8.90. The molecule has 6 heteroatoms. The van der Waals surface area contributed by atoms with Gasteiger partial charge in [0.05, 0.1) is 12.2 Å². The summed E-state index contributed by atoms with van der Waals surface area (Å²) in [5.41, 5.74) is 6.26. The van der Waals surface area contributed by atoms with Gasteiger partial charge >= 0.3 is 5.97 Å². The van der Waals surface area contributed by atoms with Crippen LogP contribution < -0.4 is 0 Å². The summed E-state index contributed by atoms with van der Waals surface area (Å²) < 4.78 is 8.63. The molecule has 1 aliphatic rings. The maximum absolute atomic E-state index is 12.7. The fourth-order valence-electron chi connectivity index (χ4n) is 4.09. The summed E-state index contributed by atoms with van der Waals surface area (Å²) >= 11 is 5.14. The first-order chi connectivity index (χ1) is 14.5. The third-order valence-corrected chi connectivity index (χ3v) is 7.24. The zero-order valence-electron chi connectivity index (χ0n) is 17.5. The van der Waals surface area contributed by atoms with Crippen molar-refractivity contribution in [3.63, 3.8) is 0 Å². The van der Waals surface area contributed by atoms with Crippen LogP contribution in [0.25, 0.3) is 5.69 Å². The zero-order valence-corrected chi connectivity index (χ0v) is 19.9. The summed E-state index contributed by atoms with van der Waals surface area (Å²) in [5.74, 6) is -0.246. The van der Waals surface area contributed by atoms with Crippen LogP contribution in [0.15, 0.2) is 39.8 Å². The Labute approximate surface area is 189 Å². The number of thiophene rings is 1. The molecule has 2 heterocycles. The van der Waals surface area contributed by atoms with Gasteiger partial charge in [0.25, 0.3) is 0 Å². The van der Waals surface area contributed by atoms with Crippen LogP contribution >= 0.6 is 27.3 Å². The number of rotatable bonds is 5. The topological polar surface area (TPSA) is 43.6 Å². The Bertz CT molecular complexity index is 1110. The summed E-state index contributed by atoms with van der Waals surface area (Å²) in [6.07, 6.45) is 6.15. The smallest absolute Gasteiger partial charge is 0.341 e. The molecule has 0 bridgehead atoms.